The summed E-state index contributed by atoms with van der Waals surface area (Å²) in [6.45, 7) is 5.44. The van der Waals surface area contributed by atoms with Gasteiger partial charge < -0.3 is 19.5 Å². The van der Waals surface area contributed by atoms with Crippen molar-refractivity contribution >= 4 is 0 Å². The van der Waals surface area contributed by atoms with Crippen molar-refractivity contribution in [3.63, 3.8) is 0 Å². The number of benzene rings is 1. The molecule has 1 aromatic carbocycles. The van der Waals surface area contributed by atoms with Crippen LogP contribution in [0.2, 0.25) is 0 Å². The third-order valence-electron chi connectivity index (χ3n) is 3.69. The molecule has 2 atom stereocenters. The summed E-state index contributed by atoms with van der Waals surface area (Å²) < 4.78 is 10.8. The molecule has 20 heavy (non-hydrogen) atoms. The number of hydrogen-bond donors (Lipinski definition) is 1. The lowest BCUT2D eigenvalue weighted by Gasteiger charge is -2.32. The molecule has 1 saturated heterocycles. The third kappa shape index (κ3) is 4.69. The van der Waals surface area contributed by atoms with E-state index in [0.29, 0.717) is 13.2 Å². The van der Waals surface area contributed by atoms with Gasteiger partial charge in [0.1, 0.15) is 24.2 Å². The fourth-order valence-corrected chi connectivity index (χ4v) is 2.69. The fraction of sp³-hybridized carbons (Fsp3) is 0.625. The molecule has 0 saturated carbocycles. The van der Waals surface area contributed by atoms with E-state index in [2.05, 4.69) is 11.8 Å². The maximum absolute atomic E-state index is 10.1. The van der Waals surface area contributed by atoms with Crippen LogP contribution in [0.1, 0.15) is 19.8 Å². The van der Waals surface area contributed by atoms with Crippen LogP contribution in [0.4, 0.5) is 0 Å². The van der Waals surface area contributed by atoms with Crippen molar-refractivity contribution in [2.75, 3.05) is 33.4 Å². The van der Waals surface area contributed by atoms with Crippen LogP contribution in [0.15, 0.2) is 24.3 Å². The molecule has 2 rings (SSSR count). The van der Waals surface area contributed by atoms with E-state index in [-0.39, 0.29) is 0 Å². The van der Waals surface area contributed by atoms with E-state index < -0.39 is 6.10 Å². The number of rotatable bonds is 6. The highest BCUT2D eigenvalue weighted by Gasteiger charge is 2.19. The monoisotopic (exact) mass is 279 g/mol. The Morgan fingerprint density at radius 2 is 2.20 bits per heavy atom. The van der Waals surface area contributed by atoms with Crippen molar-refractivity contribution in [3.8, 4) is 11.5 Å². The third-order valence-corrected chi connectivity index (χ3v) is 3.69. The van der Waals surface area contributed by atoms with E-state index in [4.69, 9.17) is 9.47 Å². The summed E-state index contributed by atoms with van der Waals surface area (Å²) in [5.41, 5.74) is 0. The molecule has 1 heterocycles. The molecule has 0 amide bonds. The van der Waals surface area contributed by atoms with E-state index in [0.717, 1.165) is 30.5 Å². The molecule has 1 aliphatic heterocycles. The van der Waals surface area contributed by atoms with Gasteiger partial charge in [0.05, 0.1) is 7.11 Å². The first-order chi connectivity index (χ1) is 9.67. The zero-order valence-corrected chi connectivity index (χ0v) is 12.4. The molecule has 0 spiro atoms. The molecule has 1 N–H and O–H groups in total. The number of nitrogens with zero attached hydrogens (tertiary/aromatic N) is 1. The Morgan fingerprint density at radius 1 is 1.40 bits per heavy atom. The van der Waals surface area contributed by atoms with Gasteiger partial charge in [-0.05, 0) is 37.4 Å². The molecule has 0 aromatic heterocycles. The highest BCUT2D eigenvalue weighted by molar-refractivity contribution is 5.32. The molecule has 4 nitrogen and oxygen atoms in total. The predicted octanol–water partition coefficient (Wildman–Crippen LogP) is 2.17. The van der Waals surface area contributed by atoms with Gasteiger partial charge >= 0.3 is 0 Å². The van der Waals surface area contributed by atoms with E-state index in [1.165, 1.54) is 12.8 Å². The Bertz CT molecular complexity index is 410. The van der Waals surface area contributed by atoms with Gasteiger partial charge in [0, 0.05) is 19.2 Å². The van der Waals surface area contributed by atoms with Crippen LogP contribution in [0.3, 0.4) is 0 Å². The van der Waals surface area contributed by atoms with Crippen molar-refractivity contribution in [1.29, 1.82) is 0 Å². The van der Waals surface area contributed by atoms with Gasteiger partial charge in [0.15, 0.2) is 0 Å². The molecular formula is C16H25NO3. The molecule has 4 heteroatoms. The number of methoxy groups -OCH3 is 1. The number of piperidine rings is 1. The minimum Gasteiger partial charge on any atom is -0.497 e. The van der Waals surface area contributed by atoms with Crippen molar-refractivity contribution in [2.24, 2.45) is 5.92 Å². The molecule has 0 unspecified atom stereocenters. The van der Waals surface area contributed by atoms with E-state index in [1.54, 1.807) is 7.11 Å². The van der Waals surface area contributed by atoms with Gasteiger partial charge in [-0.15, -0.1) is 0 Å². The number of aliphatic hydroxyl groups is 1. The van der Waals surface area contributed by atoms with Gasteiger partial charge in [-0.2, -0.15) is 0 Å². The van der Waals surface area contributed by atoms with Crippen molar-refractivity contribution in [3.05, 3.63) is 24.3 Å². The summed E-state index contributed by atoms with van der Waals surface area (Å²) in [4.78, 5) is 2.33. The van der Waals surface area contributed by atoms with Crippen molar-refractivity contribution < 1.29 is 14.6 Å². The highest BCUT2D eigenvalue weighted by atomic mass is 16.5. The van der Waals surface area contributed by atoms with Gasteiger partial charge in [-0.25, -0.2) is 0 Å². The second kappa shape index (κ2) is 7.50. The van der Waals surface area contributed by atoms with Crippen LogP contribution in [0.25, 0.3) is 0 Å². The summed E-state index contributed by atoms with van der Waals surface area (Å²) in [6.07, 6.45) is 2.07. The first-order valence-corrected chi connectivity index (χ1v) is 7.34. The van der Waals surface area contributed by atoms with Crippen LogP contribution < -0.4 is 9.47 Å². The number of likely N-dealkylation sites (tertiary alicyclic amines) is 1. The second-order valence-corrected chi connectivity index (χ2v) is 5.65. The summed E-state index contributed by atoms with van der Waals surface area (Å²) in [7, 11) is 1.63. The standard InChI is InChI=1S/C16H25NO3/c1-13-5-4-8-17(10-13)11-14(18)12-20-16-7-3-6-15(9-16)19-2/h3,6-7,9,13-14,18H,4-5,8,10-12H2,1-2H3/t13-,14-/m1/s1. The molecule has 1 aromatic rings. The maximum Gasteiger partial charge on any atom is 0.123 e. The predicted molar refractivity (Wildman–Crippen MR) is 79.3 cm³/mol. The number of hydrogen-bond acceptors (Lipinski definition) is 4. The second-order valence-electron chi connectivity index (χ2n) is 5.65. The van der Waals surface area contributed by atoms with Gasteiger partial charge in [0.25, 0.3) is 0 Å². The average molecular weight is 279 g/mol. The summed E-state index contributed by atoms with van der Waals surface area (Å²) in [6, 6.07) is 7.46. The topological polar surface area (TPSA) is 41.9 Å². The van der Waals surface area contributed by atoms with Crippen molar-refractivity contribution in [1.82, 2.24) is 4.90 Å². The van der Waals surface area contributed by atoms with Crippen LogP contribution in [-0.4, -0.2) is 49.5 Å². The maximum atomic E-state index is 10.1. The zero-order chi connectivity index (χ0) is 14.4. The van der Waals surface area contributed by atoms with E-state index >= 15 is 0 Å². The zero-order valence-electron chi connectivity index (χ0n) is 12.4. The first kappa shape index (κ1) is 15.1. The largest absolute Gasteiger partial charge is 0.497 e. The number of ether oxygens (including phenoxy) is 2. The minimum absolute atomic E-state index is 0.318. The lowest BCUT2D eigenvalue weighted by molar-refractivity contribution is 0.0536. The molecule has 112 valence electrons. The minimum atomic E-state index is -0.452. The summed E-state index contributed by atoms with van der Waals surface area (Å²) in [5, 5.41) is 10.1. The number of β-amino-alcohol motifs (C(OH)–C–C–N with tert-alkyl or cyclic N) is 1. The Kier molecular flexibility index (Phi) is 5.68. The molecule has 0 radical (unpaired) electrons. The lowest BCUT2D eigenvalue weighted by Crippen LogP contribution is -2.41. The Balaban J connectivity index is 1.75. The smallest absolute Gasteiger partial charge is 0.123 e. The van der Waals surface area contributed by atoms with Gasteiger partial charge in [0.2, 0.25) is 0 Å². The highest BCUT2D eigenvalue weighted by Crippen LogP contribution is 2.19. The molecule has 0 aliphatic carbocycles. The van der Waals surface area contributed by atoms with Crippen LogP contribution >= 0.6 is 0 Å². The van der Waals surface area contributed by atoms with Crippen LogP contribution in [0, 0.1) is 5.92 Å². The van der Waals surface area contributed by atoms with E-state index in [1.807, 2.05) is 24.3 Å². The number of aliphatic hydroxyl groups excluding tert-OH is 1. The molecule has 0 bridgehead atoms. The average Bonchev–Trinajstić information content (AvgIpc) is 2.45. The van der Waals surface area contributed by atoms with Crippen LogP contribution in [0.5, 0.6) is 11.5 Å². The summed E-state index contributed by atoms with van der Waals surface area (Å²) in [5.74, 6) is 2.23. The Morgan fingerprint density at radius 3 is 2.95 bits per heavy atom. The van der Waals surface area contributed by atoms with Gasteiger partial charge in [-0.3, -0.25) is 0 Å². The molecule has 1 fully saturated rings. The molecule has 1 aliphatic rings. The SMILES string of the molecule is COc1cccc(OC[C@H](O)CN2CCC[C@@H](C)C2)c1. The van der Waals surface area contributed by atoms with Crippen molar-refractivity contribution in [2.45, 2.75) is 25.9 Å². The Hall–Kier alpha value is -1.26. The quantitative estimate of drug-likeness (QED) is 0.866. The lowest BCUT2D eigenvalue weighted by atomic mass is 10.0. The first-order valence-electron chi connectivity index (χ1n) is 7.34. The van der Waals surface area contributed by atoms with Gasteiger partial charge in [-0.1, -0.05) is 13.0 Å². The van der Waals surface area contributed by atoms with E-state index in [9.17, 15) is 5.11 Å². The molecular weight excluding hydrogens is 254 g/mol. The normalized spacial score (nSPS) is 21.4. The fourth-order valence-electron chi connectivity index (χ4n) is 2.69. The van der Waals surface area contributed by atoms with Crippen LogP contribution in [-0.2, 0) is 0 Å². The Labute approximate surface area is 121 Å². The summed E-state index contributed by atoms with van der Waals surface area (Å²) >= 11 is 0.